The molecule has 0 radical (unpaired) electrons. The van der Waals surface area contributed by atoms with Gasteiger partial charge in [0.25, 0.3) is 11.5 Å². The minimum Gasteiger partial charge on any atom is -0.319 e. The van der Waals surface area contributed by atoms with E-state index >= 15 is 0 Å². The number of benzene rings is 2. The van der Waals surface area contributed by atoms with E-state index in [1.807, 2.05) is 19.9 Å². The third-order valence-electron chi connectivity index (χ3n) is 5.27. The molecule has 0 fully saturated rings. The van der Waals surface area contributed by atoms with E-state index in [2.05, 4.69) is 5.32 Å². The van der Waals surface area contributed by atoms with Crippen LogP contribution in [-0.2, 0) is 6.42 Å². The number of anilines is 1. The van der Waals surface area contributed by atoms with E-state index in [1.165, 1.54) is 28.8 Å². The third kappa shape index (κ3) is 3.56. The van der Waals surface area contributed by atoms with Gasteiger partial charge in [-0.25, -0.2) is 4.39 Å². The molecule has 152 valence electrons. The molecule has 1 N–H and O–H groups in total. The number of Topliss-reactive ketones (excluding diaryl/α,β-unsaturated/α-hetero) is 1. The van der Waals surface area contributed by atoms with E-state index in [1.54, 1.807) is 30.3 Å². The van der Waals surface area contributed by atoms with Gasteiger partial charge in [-0.15, -0.1) is 0 Å². The number of halogens is 1. The predicted octanol–water partition coefficient (Wildman–Crippen LogP) is 4.38. The second kappa shape index (κ2) is 7.37. The van der Waals surface area contributed by atoms with Crippen molar-refractivity contribution in [3.05, 3.63) is 93.7 Å². The Balaban J connectivity index is 1.90. The summed E-state index contributed by atoms with van der Waals surface area (Å²) in [6, 6.07) is 16.0. The molecule has 4 rings (SSSR count). The molecule has 3 aromatic rings. The number of carbonyl (C=O) groups is 2. The van der Waals surface area contributed by atoms with Crippen LogP contribution in [0.2, 0.25) is 0 Å². The van der Waals surface area contributed by atoms with Gasteiger partial charge in [0.05, 0.1) is 5.69 Å². The average molecular weight is 404 g/mol. The fourth-order valence-electron chi connectivity index (χ4n) is 3.88. The first kappa shape index (κ1) is 19.8. The van der Waals surface area contributed by atoms with Crippen LogP contribution < -0.4 is 10.9 Å². The molecule has 6 heteroatoms. The molecule has 0 saturated carbocycles. The number of hydrogen-bond acceptors (Lipinski definition) is 3. The summed E-state index contributed by atoms with van der Waals surface area (Å²) in [5, 5.41) is 2.45. The van der Waals surface area contributed by atoms with Crippen LogP contribution >= 0.6 is 0 Å². The van der Waals surface area contributed by atoms with Gasteiger partial charge in [0, 0.05) is 23.4 Å². The highest BCUT2D eigenvalue weighted by molar-refractivity contribution is 6.07. The van der Waals surface area contributed by atoms with E-state index in [0.717, 1.165) is 0 Å². The molecule has 0 saturated heterocycles. The number of nitrogens with zero attached hydrogens (tertiary/aromatic N) is 1. The molecule has 1 heterocycles. The van der Waals surface area contributed by atoms with Gasteiger partial charge >= 0.3 is 0 Å². The summed E-state index contributed by atoms with van der Waals surface area (Å²) in [7, 11) is 0. The first-order valence-electron chi connectivity index (χ1n) is 9.70. The zero-order chi connectivity index (χ0) is 21.5. The molecule has 0 spiro atoms. The Kier molecular flexibility index (Phi) is 4.86. The van der Waals surface area contributed by atoms with Crippen LogP contribution in [0.4, 0.5) is 10.1 Å². The number of hydrogen-bond donors (Lipinski definition) is 1. The number of nitrogens with one attached hydrogen (secondary N) is 1. The maximum Gasteiger partial charge on any atom is 0.268 e. The molecule has 1 amide bonds. The summed E-state index contributed by atoms with van der Waals surface area (Å²) in [6.07, 6.45) is 0.842. The van der Waals surface area contributed by atoms with E-state index in [-0.39, 0.29) is 22.4 Å². The van der Waals surface area contributed by atoms with Crippen LogP contribution in [0.15, 0.2) is 65.5 Å². The van der Waals surface area contributed by atoms with Crippen molar-refractivity contribution in [1.29, 1.82) is 0 Å². The molecule has 2 aromatic carbocycles. The van der Waals surface area contributed by atoms with Crippen LogP contribution in [0, 0.1) is 11.2 Å². The normalized spacial score (nSPS) is 14.8. The molecule has 30 heavy (non-hydrogen) atoms. The molecule has 1 aliphatic rings. The van der Waals surface area contributed by atoms with Crippen molar-refractivity contribution in [3.63, 3.8) is 0 Å². The van der Waals surface area contributed by atoms with Gasteiger partial charge in [0.1, 0.15) is 11.4 Å². The smallest absolute Gasteiger partial charge is 0.268 e. The standard InChI is InChI=1S/C24H21FN2O3/c1-24(2)13-20-16(21(28)14-24)12-17(22(29)26-19-11-7-6-10-18(19)25)23(30)27(20)15-8-4-3-5-9-15/h3-12H,13-14H2,1-2H3,(H,26,29). The monoisotopic (exact) mass is 404 g/mol. The zero-order valence-electron chi connectivity index (χ0n) is 16.7. The van der Waals surface area contributed by atoms with Crippen molar-refractivity contribution >= 4 is 17.4 Å². The third-order valence-corrected chi connectivity index (χ3v) is 5.27. The quantitative estimate of drug-likeness (QED) is 0.704. The lowest BCUT2D eigenvalue weighted by Gasteiger charge is -2.32. The summed E-state index contributed by atoms with van der Waals surface area (Å²) in [5.41, 5.74) is 0.451. The number of rotatable bonds is 3. The largest absolute Gasteiger partial charge is 0.319 e. The Hall–Kier alpha value is -3.54. The number of para-hydroxylation sites is 2. The summed E-state index contributed by atoms with van der Waals surface area (Å²) >= 11 is 0. The van der Waals surface area contributed by atoms with Gasteiger partial charge in [0.2, 0.25) is 0 Å². The Morgan fingerprint density at radius 1 is 1.00 bits per heavy atom. The molecule has 1 aliphatic carbocycles. The maximum absolute atomic E-state index is 14.0. The Morgan fingerprint density at radius 2 is 1.67 bits per heavy atom. The highest BCUT2D eigenvalue weighted by atomic mass is 19.1. The van der Waals surface area contributed by atoms with Crippen molar-refractivity contribution in [2.45, 2.75) is 26.7 Å². The van der Waals surface area contributed by atoms with E-state index in [9.17, 15) is 18.8 Å². The zero-order valence-corrected chi connectivity index (χ0v) is 16.7. The average Bonchev–Trinajstić information content (AvgIpc) is 2.69. The van der Waals surface area contributed by atoms with Gasteiger partial charge in [-0.3, -0.25) is 19.0 Å². The lowest BCUT2D eigenvalue weighted by molar-refractivity contribution is 0.0909. The summed E-state index contributed by atoms with van der Waals surface area (Å²) in [5.74, 6) is -1.48. The van der Waals surface area contributed by atoms with E-state index in [4.69, 9.17) is 0 Å². The minimum absolute atomic E-state index is 0.0293. The summed E-state index contributed by atoms with van der Waals surface area (Å²) in [4.78, 5) is 39.1. The van der Waals surface area contributed by atoms with Gasteiger partial charge < -0.3 is 5.32 Å². The van der Waals surface area contributed by atoms with Crippen molar-refractivity contribution < 1.29 is 14.0 Å². The fourth-order valence-corrected chi connectivity index (χ4v) is 3.88. The van der Waals surface area contributed by atoms with Crippen LogP contribution in [0.1, 0.15) is 46.7 Å². The second-order valence-corrected chi connectivity index (χ2v) is 8.27. The SMILES string of the molecule is CC1(C)CC(=O)c2cc(C(=O)Nc3ccccc3F)c(=O)n(-c3ccccc3)c2C1. The van der Waals surface area contributed by atoms with Gasteiger partial charge in [-0.1, -0.05) is 44.2 Å². The number of fused-ring (bicyclic) bond motifs is 1. The van der Waals surface area contributed by atoms with E-state index in [0.29, 0.717) is 29.8 Å². The van der Waals surface area contributed by atoms with Crippen molar-refractivity contribution in [2.24, 2.45) is 5.41 Å². The number of ketones is 1. The lowest BCUT2D eigenvalue weighted by atomic mass is 9.75. The second-order valence-electron chi connectivity index (χ2n) is 8.27. The molecule has 1 aromatic heterocycles. The first-order valence-corrected chi connectivity index (χ1v) is 9.70. The molecule has 0 unspecified atom stereocenters. The van der Waals surface area contributed by atoms with Crippen LogP contribution in [0.5, 0.6) is 0 Å². The van der Waals surface area contributed by atoms with Crippen molar-refractivity contribution in [1.82, 2.24) is 4.57 Å². The van der Waals surface area contributed by atoms with Gasteiger partial charge in [-0.2, -0.15) is 0 Å². The molecule has 0 bridgehead atoms. The molecule has 0 aliphatic heterocycles. The highest BCUT2D eigenvalue weighted by Crippen LogP contribution is 2.35. The van der Waals surface area contributed by atoms with Crippen LogP contribution in [0.3, 0.4) is 0 Å². The molecule has 5 nitrogen and oxygen atoms in total. The Labute approximate surface area is 173 Å². The minimum atomic E-state index is -0.754. The lowest BCUT2D eigenvalue weighted by Crippen LogP contribution is -2.37. The number of aromatic nitrogens is 1. The molecule has 0 atom stereocenters. The maximum atomic E-state index is 14.0. The Morgan fingerprint density at radius 3 is 2.37 bits per heavy atom. The van der Waals surface area contributed by atoms with Gasteiger partial charge in [0.15, 0.2) is 5.78 Å². The predicted molar refractivity (Wildman–Crippen MR) is 113 cm³/mol. The fraction of sp³-hybridized carbons (Fsp3) is 0.208. The topological polar surface area (TPSA) is 68.2 Å². The summed E-state index contributed by atoms with van der Waals surface area (Å²) in [6.45, 7) is 3.96. The molecular formula is C24H21FN2O3. The van der Waals surface area contributed by atoms with Crippen molar-refractivity contribution in [3.8, 4) is 5.69 Å². The number of amides is 1. The van der Waals surface area contributed by atoms with E-state index < -0.39 is 17.3 Å². The van der Waals surface area contributed by atoms with Crippen LogP contribution in [-0.4, -0.2) is 16.3 Å². The summed E-state index contributed by atoms with van der Waals surface area (Å²) < 4.78 is 15.4. The number of pyridine rings is 1. The van der Waals surface area contributed by atoms with Crippen LogP contribution in [0.25, 0.3) is 5.69 Å². The van der Waals surface area contributed by atoms with Crippen molar-refractivity contribution in [2.75, 3.05) is 5.32 Å². The Bertz CT molecular complexity index is 1210. The highest BCUT2D eigenvalue weighted by Gasteiger charge is 2.35. The van der Waals surface area contributed by atoms with Gasteiger partial charge in [-0.05, 0) is 42.2 Å². The number of carbonyl (C=O) groups excluding carboxylic acids is 2. The first-order chi connectivity index (χ1) is 14.3. The molecular weight excluding hydrogens is 383 g/mol.